The Morgan fingerprint density at radius 2 is 1.77 bits per heavy atom. The largest absolute Gasteiger partial charge is 0.497 e. The summed E-state index contributed by atoms with van der Waals surface area (Å²) in [7, 11) is 1.59. The number of hydrogen-bond acceptors (Lipinski definition) is 4. The summed E-state index contributed by atoms with van der Waals surface area (Å²) < 4.78 is 5.07. The molecule has 2 aromatic rings. The fraction of sp³-hybridized carbons (Fsp3) is 0.200. The van der Waals surface area contributed by atoms with E-state index in [9.17, 15) is 9.59 Å². The van der Waals surface area contributed by atoms with E-state index in [2.05, 4.69) is 10.8 Å². The second-order valence-corrected chi connectivity index (χ2v) is 5.58. The maximum absolute atomic E-state index is 11.9. The molecule has 2 N–H and O–H groups in total. The van der Waals surface area contributed by atoms with Crippen LogP contribution in [0.3, 0.4) is 0 Å². The lowest BCUT2D eigenvalue weighted by Crippen LogP contribution is -2.44. The van der Waals surface area contributed by atoms with Crippen molar-refractivity contribution in [2.75, 3.05) is 7.11 Å². The van der Waals surface area contributed by atoms with E-state index in [1.807, 2.05) is 42.5 Å². The molecule has 0 aliphatic heterocycles. The standard InChI is InChI=1S/C20H22N2O4/c1-15(20(24)22-26-14-17-6-4-3-5-7-17)21-19(23)13-10-16-8-11-18(25-2)12-9-16/h3-13,15H,14H2,1-2H3,(H,21,23)(H,22,24)/b13-10+. The molecule has 0 saturated carbocycles. The van der Waals surface area contributed by atoms with Crippen LogP contribution in [0.4, 0.5) is 0 Å². The van der Waals surface area contributed by atoms with E-state index in [1.54, 1.807) is 32.2 Å². The molecular weight excluding hydrogens is 332 g/mol. The van der Waals surface area contributed by atoms with Crippen molar-refractivity contribution in [2.45, 2.75) is 19.6 Å². The number of benzene rings is 2. The van der Waals surface area contributed by atoms with Crippen molar-refractivity contribution in [1.29, 1.82) is 0 Å². The van der Waals surface area contributed by atoms with Crippen LogP contribution in [0.25, 0.3) is 6.08 Å². The van der Waals surface area contributed by atoms with Crippen LogP contribution in [0.5, 0.6) is 5.75 Å². The predicted octanol–water partition coefficient (Wildman–Crippen LogP) is 2.46. The molecule has 1 atom stereocenters. The summed E-state index contributed by atoms with van der Waals surface area (Å²) >= 11 is 0. The Morgan fingerprint density at radius 3 is 2.42 bits per heavy atom. The molecule has 0 aliphatic rings. The number of methoxy groups -OCH3 is 1. The van der Waals surface area contributed by atoms with Gasteiger partial charge in [-0.15, -0.1) is 0 Å². The first kappa shape index (κ1) is 19.2. The summed E-state index contributed by atoms with van der Waals surface area (Å²) in [6, 6.07) is 16.0. The van der Waals surface area contributed by atoms with Crippen molar-refractivity contribution in [2.24, 2.45) is 0 Å². The van der Waals surface area contributed by atoms with Gasteiger partial charge in [-0.3, -0.25) is 14.4 Å². The van der Waals surface area contributed by atoms with E-state index < -0.39 is 11.9 Å². The van der Waals surface area contributed by atoms with Gasteiger partial charge in [0, 0.05) is 6.08 Å². The molecule has 0 aliphatic carbocycles. The SMILES string of the molecule is COc1ccc(/C=C/C(=O)NC(C)C(=O)NOCc2ccccc2)cc1. The zero-order chi connectivity index (χ0) is 18.8. The highest BCUT2D eigenvalue weighted by Gasteiger charge is 2.14. The van der Waals surface area contributed by atoms with Crippen molar-refractivity contribution >= 4 is 17.9 Å². The topological polar surface area (TPSA) is 76.7 Å². The molecule has 0 radical (unpaired) electrons. The van der Waals surface area contributed by atoms with E-state index in [-0.39, 0.29) is 12.5 Å². The third-order valence-electron chi connectivity index (χ3n) is 3.55. The molecule has 0 heterocycles. The zero-order valence-corrected chi connectivity index (χ0v) is 14.8. The van der Waals surface area contributed by atoms with Gasteiger partial charge in [-0.05, 0) is 36.3 Å². The molecule has 2 rings (SSSR count). The molecular formula is C20H22N2O4. The van der Waals surface area contributed by atoms with E-state index in [0.717, 1.165) is 16.9 Å². The smallest absolute Gasteiger partial charge is 0.265 e. The summed E-state index contributed by atoms with van der Waals surface area (Å²) in [6.07, 6.45) is 3.03. The van der Waals surface area contributed by atoms with Gasteiger partial charge in [0.25, 0.3) is 5.91 Å². The molecule has 26 heavy (non-hydrogen) atoms. The normalized spacial score (nSPS) is 11.8. The van der Waals surface area contributed by atoms with E-state index >= 15 is 0 Å². The van der Waals surface area contributed by atoms with Crippen molar-refractivity contribution < 1.29 is 19.2 Å². The Morgan fingerprint density at radius 1 is 1.08 bits per heavy atom. The summed E-state index contributed by atoms with van der Waals surface area (Å²) in [4.78, 5) is 29.0. The fourth-order valence-corrected chi connectivity index (χ4v) is 2.07. The number of hydrogen-bond donors (Lipinski definition) is 2. The second-order valence-electron chi connectivity index (χ2n) is 5.58. The maximum Gasteiger partial charge on any atom is 0.265 e. The molecule has 6 heteroatoms. The summed E-state index contributed by atoms with van der Waals surface area (Å²) in [5.41, 5.74) is 4.12. The fourth-order valence-electron chi connectivity index (χ4n) is 2.07. The molecule has 1 unspecified atom stereocenters. The van der Waals surface area contributed by atoms with Crippen LogP contribution in [0.15, 0.2) is 60.7 Å². The Kier molecular flexibility index (Phi) is 7.39. The van der Waals surface area contributed by atoms with Gasteiger partial charge in [0.05, 0.1) is 13.7 Å². The minimum absolute atomic E-state index is 0.255. The average molecular weight is 354 g/mol. The number of hydroxylamine groups is 1. The lowest BCUT2D eigenvalue weighted by Gasteiger charge is -2.12. The molecule has 0 aromatic heterocycles. The van der Waals surface area contributed by atoms with Crippen LogP contribution in [0.1, 0.15) is 18.1 Å². The van der Waals surface area contributed by atoms with Gasteiger partial charge in [-0.25, -0.2) is 5.48 Å². The lowest BCUT2D eigenvalue weighted by molar-refractivity contribution is -0.138. The van der Waals surface area contributed by atoms with E-state index in [0.29, 0.717) is 0 Å². The van der Waals surface area contributed by atoms with Gasteiger partial charge in [-0.1, -0.05) is 42.5 Å². The van der Waals surface area contributed by atoms with E-state index in [1.165, 1.54) is 6.08 Å². The Bertz CT molecular complexity index is 742. The molecule has 0 bridgehead atoms. The van der Waals surface area contributed by atoms with Crippen molar-refractivity contribution in [3.05, 3.63) is 71.8 Å². The van der Waals surface area contributed by atoms with Crippen LogP contribution < -0.4 is 15.5 Å². The van der Waals surface area contributed by atoms with Crippen molar-refractivity contribution in [3.63, 3.8) is 0 Å². The Balaban J connectivity index is 1.74. The summed E-state index contributed by atoms with van der Waals surface area (Å²) in [5.74, 6) is -0.0500. The summed E-state index contributed by atoms with van der Waals surface area (Å²) in [5, 5.41) is 2.58. The third kappa shape index (κ3) is 6.41. The average Bonchev–Trinajstić information content (AvgIpc) is 2.67. The minimum atomic E-state index is -0.723. The predicted molar refractivity (Wildman–Crippen MR) is 99.0 cm³/mol. The molecule has 2 aromatic carbocycles. The first-order valence-electron chi connectivity index (χ1n) is 8.16. The molecule has 6 nitrogen and oxygen atoms in total. The van der Waals surface area contributed by atoms with Crippen LogP contribution in [0.2, 0.25) is 0 Å². The minimum Gasteiger partial charge on any atom is -0.497 e. The van der Waals surface area contributed by atoms with Crippen molar-refractivity contribution in [1.82, 2.24) is 10.8 Å². The molecule has 2 amide bonds. The monoisotopic (exact) mass is 354 g/mol. The van der Waals surface area contributed by atoms with Gasteiger partial charge in [0.15, 0.2) is 0 Å². The highest BCUT2D eigenvalue weighted by Crippen LogP contribution is 2.12. The van der Waals surface area contributed by atoms with Gasteiger partial charge in [-0.2, -0.15) is 0 Å². The number of nitrogens with one attached hydrogen (secondary N) is 2. The molecule has 0 spiro atoms. The first-order valence-corrected chi connectivity index (χ1v) is 8.16. The highest BCUT2D eigenvalue weighted by atomic mass is 16.6. The number of amides is 2. The van der Waals surface area contributed by atoms with Crippen LogP contribution in [-0.2, 0) is 21.0 Å². The zero-order valence-electron chi connectivity index (χ0n) is 14.8. The Labute approximate surface area is 152 Å². The van der Waals surface area contributed by atoms with E-state index in [4.69, 9.17) is 9.57 Å². The number of carbonyl (C=O) groups is 2. The maximum atomic E-state index is 11.9. The van der Waals surface area contributed by atoms with Gasteiger partial charge >= 0.3 is 0 Å². The highest BCUT2D eigenvalue weighted by molar-refractivity contribution is 5.95. The summed E-state index contributed by atoms with van der Waals surface area (Å²) in [6.45, 7) is 1.84. The third-order valence-corrected chi connectivity index (χ3v) is 3.55. The Hall–Kier alpha value is -3.12. The van der Waals surface area contributed by atoms with Crippen molar-refractivity contribution in [3.8, 4) is 5.75 Å². The number of ether oxygens (including phenoxy) is 1. The van der Waals surface area contributed by atoms with Gasteiger partial charge in [0.2, 0.25) is 5.91 Å². The van der Waals surface area contributed by atoms with Gasteiger partial charge in [0.1, 0.15) is 11.8 Å². The van der Waals surface area contributed by atoms with Crippen LogP contribution >= 0.6 is 0 Å². The first-order chi connectivity index (χ1) is 12.6. The molecule has 0 fully saturated rings. The number of rotatable bonds is 8. The quantitative estimate of drug-likeness (QED) is 0.564. The molecule has 136 valence electrons. The van der Waals surface area contributed by atoms with Crippen LogP contribution in [0, 0.1) is 0 Å². The second kappa shape index (κ2) is 10.0. The molecule has 0 saturated heterocycles. The van der Waals surface area contributed by atoms with Crippen LogP contribution in [-0.4, -0.2) is 25.0 Å². The van der Waals surface area contributed by atoms with Gasteiger partial charge < -0.3 is 10.1 Å². The number of carbonyl (C=O) groups excluding carboxylic acids is 2. The lowest BCUT2D eigenvalue weighted by atomic mass is 10.2.